The molecule has 0 aromatic rings. The van der Waals surface area contributed by atoms with E-state index in [-0.39, 0.29) is 12.1 Å². The summed E-state index contributed by atoms with van der Waals surface area (Å²) >= 11 is 0. The van der Waals surface area contributed by atoms with Gasteiger partial charge in [0, 0.05) is 12.6 Å². The first-order valence-corrected chi connectivity index (χ1v) is 8.22. The fraction of sp³-hybridized carbons (Fsp3) is 0.875. The molecule has 2 fully saturated rings. The van der Waals surface area contributed by atoms with Crippen LogP contribution in [0.5, 0.6) is 0 Å². The monoisotopic (exact) mass is 296 g/mol. The van der Waals surface area contributed by atoms with Crippen molar-refractivity contribution in [2.45, 2.75) is 70.9 Å². The Labute approximate surface area is 127 Å². The molecule has 0 spiro atoms. The Morgan fingerprint density at radius 2 is 2.00 bits per heavy atom. The molecule has 1 heterocycles. The van der Waals surface area contributed by atoms with Crippen molar-refractivity contribution in [3.05, 3.63) is 0 Å². The van der Waals surface area contributed by atoms with Crippen LogP contribution in [0.3, 0.4) is 0 Å². The van der Waals surface area contributed by atoms with Crippen LogP contribution in [-0.2, 0) is 4.79 Å². The van der Waals surface area contributed by atoms with Crippen molar-refractivity contribution in [3.63, 3.8) is 0 Å². The van der Waals surface area contributed by atoms with Gasteiger partial charge in [-0.1, -0.05) is 20.8 Å². The summed E-state index contributed by atoms with van der Waals surface area (Å²) in [5, 5.41) is 12.6. The van der Waals surface area contributed by atoms with Crippen molar-refractivity contribution in [2.75, 3.05) is 6.54 Å². The molecular formula is C16H28N2O3. The summed E-state index contributed by atoms with van der Waals surface area (Å²) in [7, 11) is 0. The van der Waals surface area contributed by atoms with Gasteiger partial charge >= 0.3 is 12.0 Å². The van der Waals surface area contributed by atoms with Gasteiger partial charge in [0.25, 0.3) is 0 Å². The second-order valence-electron chi connectivity index (χ2n) is 6.86. The van der Waals surface area contributed by atoms with Crippen LogP contribution in [0.1, 0.15) is 59.3 Å². The topological polar surface area (TPSA) is 69.6 Å². The maximum atomic E-state index is 12.5. The highest BCUT2D eigenvalue weighted by Gasteiger charge is 2.48. The number of hydrogen-bond acceptors (Lipinski definition) is 2. The normalized spacial score (nSPS) is 36.5. The molecule has 1 saturated heterocycles. The zero-order valence-corrected chi connectivity index (χ0v) is 13.4. The molecule has 4 atom stereocenters. The maximum Gasteiger partial charge on any atom is 0.329 e. The van der Waals surface area contributed by atoms with E-state index >= 15 is 0 Å². The zero-order valence-electron chi connectivity index (χ0n) is 13.4. The molecule has 0 radical (unpaired) electrons. The average Bonchev–Trinajstić information content (AvgIpc) is 2.88. The highest BCUT2D eigenvalue weighted by molar-refractivity contribution is 5.87. The lowest BCUT2D eigenvalue weighted by atomic mass is 9.79. The third-order valence-electron chi connectivity index (χ3n) is 5.64. The standard InChI is InChI=1S/C16H28N2O3/c1-4-16(14(19)20)8-5-9-18(16)15(21)17-13-7-6-11(2)12(3)10-13/h11-13H,4-10H2,1-3H3,(H,17,21)(H,19,20). The first-order chi connectivity index (χ1) is 9.90. The number of hydrogen-bond donors (Lipinski definition) is 2. The van der Waals surface area contributed by atoms with E-state index in [1.807, 2.05) is 6.92 Å². The third kappa shape index (κ3) is 3.01. The van der Waals surface area contributed by atoms with E-state index < -0.39 is 11.5 Å². The average molecular weight is 296 g/mol. The van der Waals surface area contributed by atoms with E-state index in [4.69, 9.17) is 0 Å². The third-order valence-corrected chi connectivity index (χ3v) is 5.64. The van der Waals surface area contributed by atoms with Crippen molar-refractivity contribution < 1.29 is 14.7 Å². The van der Waals surface area contributed by atoms with Crippen molar-refractivity contribution >= 4 is 12.0 Å². The number of amides is 2. The van der Waals surface area contributed by atoms with Gasteiger partial charge in [0.1, 0.15) is 5.54 Å². The molecule has 5 heteroatoms. The summed E-state index contributed by atoms with van der Waals surface area (Å²) in [6.45, 7) is 6.89. The lowest BCUT2D eigenvalue weighted by Gasteiger charge is -2.37. The van der Waals surface area contributed by atoms with E-state index in [9.17, 15) is 14.7 Å². The lowest BCUT2D eigenvalue weighted by Crippen LogP contribution is -2.57. The Morgan fingerprint density at radius 1 is 1.29 bits per heavy atom. The van der Waals surface area contributed by atoms with Crippen molar-refractivity contribution in [1.29, 1.82) is 0 Å². The number of rotatable bonds is 3. The van der Waals surface area contributed by atoms with Crippen LogP contribution < -0.4 is 5.32 Å². The van der Waals surface area contributed by atoms with Crippen LogP contribution in [0.15, 0.2) is 0 Å². The summed E-state index contributed by atoms with van der Waals surface area (Å²) in [4.78, 5) is 25.7. The number of nitrogens with one attached hydrogen (secondary N) is 1. The Bertz CT molecular complexity index is 412. The first-order valence-electron chi connectivity index (χ1n) is 8.22. The summed E-state index contributed by atoms with van der Waals surface area (Å²) < 4.78 is 0. The van der Waals surface area contributed by atoms with Crippen LogP contribution in [0.25, 0.3) is 0 Å². The molecule has 0 aromatic carbocycles. The minimum atomic E-state index is -1.00. The van der Waals surface area contributed by atoms with Gasteiger partial charge in [0.05, 0.1) is 0 Å². The molecule has 2 N–H and O–H groups in total. The predicted octanol–water partition coefficient (Wildman–Crippen LogP) is 2.85. The maximum absolute atomic E-state index is 12.5. The van der Waals surface area contributed by atoms with Gasteiger partial charge in [0.15, 0.2) is 0 Å². The van der Waals surface area contributed by atoms with Crippen LogP contribution in [0.4, 0.5) is 4.79 Å². The smallest absolute Gasteiger partial charge is 0.329 e. The quantitative estimate of drug-likeness (QED) is 0.841. The number of nitrogens with zero attached hydrogens (tertiary/aromatic N) is 1. The Morgan fingerprint density at radius 3 is 2.57 bits per heavy atom. The largest absolute Gasteiger partial charge is 0.479 e. The van der Waals surface area contributed by atoms with Crippen molar-refractivity contribution in [1.82, 2.24) is 10.2 Å². The molecule has 21 heavy (non-hydrogen) atoms. The molecule has 0 bridgehead atoms. The summed E-state index contributed by atoms with van der Waals surface area (Å²) in [6.07, 6.45) is 4.91. The fourth-order valence-corrected chi connectivity index (χ4v) is 3.85. The van der Waals surface area contributed by atoms with Gasteiger partial charge in [-0.2, -0.15) is 0 Å². The Kier molecular flexibility index (Phi) is 4.79. The van der Waals surface area contributed by atoms with Gasteiger partial charge in [0.2, 0.25) is 0 Å². The minimum absolute atomic E-state index is 0.188. The van der Waals surface area contributed by atoms with E-state index in [0.717, 1.165) is 25.7 Å². The van der Waals surface area contributed by atoms with Crippen LogP contribution >= 0.6 is 0 Å². The number of urea groups is 1. The van der Waals surface area contributed by atoms with Gasteiger partial charge in [-0.05, 0) is 50.4 Å². The van der Waals surface area contributed by atoms with Crippen LogP contribution in [0, 0.1) is 11.8 Å². The number of carboxylic acid groups (broad SMARTS) is 1. The second-order valence-corrected chi connectivity index (χ2v) is 6.86. The van der Waals surface area contributed by atoms with Crippen molar-refractivity contribution in [2.24, 2.45) is 11.8 Å². The number of carbonyl (C=O) groups excluding carboxylic acids is 1. The predicted molar refractivity (Wildman–Crippen MR) is 81.1 cm³/mol. The summed E-state index contributed by atoms with van der Waals surface area (Å²) in [6, 6.07) is -0.00356. The molecule has 1 saturated carbocycles. The van der Waals surface area contributed by atoms with E-state index in [2.05, 4.69) is 19.2 Å². The fourth-order valence-electron chi connectivity index (χ4n) is 3.85. The van der Waals surface area contributed by atoms with Crippen molar-refractivity contribution in [3.8, 4) is 0 Å². The summed E-state index contributed by atoms with van der Waals surface area (Å²) in [5.41, 5.74) is -1.00. The molecular weight excluding hydrogens is 268 g/mol. The molecule has 2 aliphatic rings. The lowest BCUT2D eigenvalue weighted by molar-refractivity contribution is -0.148. The molecule has 2 amide bonds. The van der Waals surface area contributed by atoms with E-state index in [1.165, 1.54) is 0 Å². The number of carbonyl (C=O) groups is 2. The van der Waals surface area contributed by atoms with Crippen LogP contribution in [-0.4, -0.2) is 40.1 Å². The Hall–Kier alpha value is -1.26. The highest BCUT2D eigenvalue weighted by atomic mass is 16.4. The van der Waals surface area contributed by atoms with E-state index in [0.29, 0.717) is 31.2 Å². The summed E-state index contributed by atoms with van der Waals surface area (Å²) in [5.74, 6) is 0.444. The van der Waals surface area contributed by atoms with Gasteiger partial charge < -0.3 is 15.3 Å². The Balaban J connectivity index is 2.01. The van der Waals surface area contributed by atoms with Crippen LogP contribution in [0.2, 0.25) is 0 Å². The van der Waals surface area contributed by atoms with Gasteiger partial charge in [-0.3, -0.25) is 0 Å². The molecule has 5 nitrogen and oxygen atoms in total. The molecule has 1 aliphatic heterocycles. The van der Waals surface area contributed by atoms with Gasteiger partial charge in [-0.15, -0.1) is 0 Å². The second kappa shape index (κ2) is 6.24. The molecule has 1 aliphatic carbocycles. The zero-order chi connectivity index (χ0) is 15.6. The molecule has 0 aromatic heterocycles. The molecule has 4 unspecified atom stereocenters. The molecule has 120 valence electrons. The number of aliphatic carboxylic acids is 1. The molecule has 2 rings (SSSR count). The number of likely N-dealkylation sites (tertiary alicyclic amines) is 1. The first kappa shape index (κ1) is 16.1. The minimum Gasteiger partial charge on any atom is -0.479 e. The SMILES string of the molecule is CCC1(C(=O)O)CCCN1C(=O)NC1CCC(C)C(C)C1. The number of carboxylic acids is 1. The highest BCUT2D eigenvalue weighted by Crippen LogP contribution is 2.34. The van der Waals surface area contributed by atoms with Gasteiger partial charge in [-0.25, -0.2) is 9.59 Å². The van der Waals surface area contributed by atoms with E-state index in [1.54, 1.807) is 4.90 Å².